The highest BCUT2D eigenvalue weighted by Crippen LogP contribution is 2.38. The lowest BCUT2D eigenvalue weighted by Crippen LogP contribution is -2.40. The number of para-hydroxylation sites is 2. The maximum atomic E-state index is 13.8. The molecule has 1 aliphatic rings. The summed E-state index contributed by atoms with van der Waals surface area (Å²) in [5.74, 6) is 0.756. The zero-order valence-electron chi connectivity index (χ0n) is 24.2. The van der Waals surface area contributed by atoms with E-state index in [0.29, 0.717) is 43.3 Å². The van der Waals surface area contributed by atoms with Crippen LogP contribution in [0.25, 0.3) is 17.5 Å². The number of esters is 1. The van der Waals surface area contributed by atoms with Gasteiger partial charge in [-0.1, -0.05) is 60.7 Å². The zero-order valence-corrected chi connectivity index (χ0v) is 25.0. The van der Waals surface area contributed by atoms with Crippen molar-refractivity contribution < 1.29 is 19.0 Å². The van der Waals surface area contributed by atoms with Gasteiger partial charge in [-0.2, -0.15) is 5.26 Å². The van der Waals surface area contributed by atoms with Crippen LogP contribution in [0.3, 0.4) is 0 Å². The number of hydrogen-bond donors (Lipinski definition) is 1. The molecule has 0 unspecified atom stereocenters. The van der Waals surface area contributed by atoms with Crippen LogP contribution in [0.15, 0.2) is 120 Å². The summed E-state index contributed by atoms with van der Waals surface area (Å²) in [7, 11) is 0. The number of carbonyl (C=O) groups is 1. The molecule has 0 amide bonds. The van der Waals surface area contributed by atoms with Crippen molar-refractivity contribution in [2.24, 2.45) is 5.73 Å². The molecule has 2 heterocycles. The van der Waals surface area contributed by atoms with Crippen LogP contribution < -0.4 is 30.0 Å². The van der Waals surface area contributed by atoms with Gasteiger partial charge in [0.2, 0.25) is 0 Å². The lowest BCUT2D eigenvalue weighted by atomic mass is 9.83. The minimum Gasteiger partial charge on any atom is -0.463 e. The number of fused-ring (bicyclic) bond motifs is 1. The molecule has 0 saturated carbocycles. The third kappa shape index (κ3) is 6.00. The molecule has 0 aliphatic carbocycles. The van der Waals surface area contributed by atoms with E-state index >= 15 is 0 Å². The smallest absolute Gasteiger partial charge is 0.338 e. The first kappa shape index (κ1) is 29.2. The van der Waals surface area contributed by atoms with E-state index in [-0.39, 0.29) is 23.6 Å². The molecule has 1 atom stereocenters. The van der Waals surface area contributed by atoms with Gasteiger partial charge in [0.1, 0.15) is 33.5 Å². The molecular weight excluding hydrogens is 586 g/mol. The third-order valence-electron chi connectivity index (χ3n) is 7.07. The summed E-state index contributed by atoms with van der Waals surface area (Å²) >= 11 is 1.13. The normalized spacial score (nSPS) is 14.4. The second-order valence-corrected chi connectivity index (χ2v) is 11.0. The van der Waals surface area contributed by atoms with Gasteiger partial charge in [-0.15, -0.1) is 11.3 Å². The van der Waals surface area contributed by atoms with Crippen LogP contribution in [-0.2, 0) is 9.53 Å². The van der Waals surface area contributed by atoms with Crippen molar-refractivity contribution in [3.63, 3.8) is 0 Å². The standard InChI is InChI=1S/C36H27N3O5S/c1-2-42-36(41)32-31(24-12-10-18-28(21-24)44-26-15-7-4-8-16-26)29(22-37)35-39(33(32)38)34(40)30(45-35)20-23-11-9-17-27(19-23)43-25-13-5-3-6-14-25/h3-21,31H,2,38H2,1H3/b30-20-/t31-/m0/s1. The van der Waals surface area contributed by atoms with E-state index in [1.807, 2.05) is 84.9 Å². The molecule has 1 aromatic heterocycles. The molecule has 0 spiro atoms. The Balaban J connectivity index is 1.48. The Labute approximate surface area is 262 Å². The average molecular weight is 614 g/mol. The molecule has 6 rings (SSSR count). The van der Waals surface area contributed by atoms with Gasteiger partial charge in [-0.05, 0) is 72.7 Å². The predicted molar refractivity (Wildman–Crippen MR) is 173 cm³/mol. The molecule has 0 saturated heterocycles. The van der Waals surface area contributed by atoms with Gasteiger partial charge in [0.05, 0.1) is 34.3 Å². The Morgan fingerprint density at radius 3 is 2.11 bits per heavy atom. The Bertz CT molecular complexity index is 2140. The van der Waals surface area contributed by atoms with Crippen LogP contribution in [0.5, 0.6) is 23.0 Å². The first-order chi connectivity index (χ1) is 22.0. The largest absolute Gasteiger partial charge is 0.463 e. The number of nitrogens with two attached hydrogens (primary N) is 1. The van der Waals surface area contributed by atoms with Crippen molar-refractivity contribution in [2.45, 2.75) is 12.8 Å². The minimum absolute atomic E-state index is 0.0162. The van der Waals surface area contributed by atoms with E-state index in [4.69, 9.17) is 19.9 Å². The van der Waals surface area contributed by atoms with Crippen LogP contribution in [-0.4, -0.2) is 17.1 Å². The highest BCUT2D eigenvalue weighted by molar-refractivity contribution is 7.07. The Morgan fingerprint density at radius 1 is 0.889 bits per heavy atom. The van der Waals surface area contributed by atoms with Crippen molar-refractivity contribution >= 4 is 34.8 Å². The van der Waals surface area contributed by atoms with Crippen LogP contribution in [0, 0.1) is 11.3 Å². The van der Waals surface area contributed by atoms with Gasteiger partial charge < -0.3 is 19.9 Å². The second kappa shape index (κ2) is 12.8. The summed E-state index contributed by atoms with van der Waals surface area (Å²) < 4.78 is 19.3. The molecular formula is C36H27N3O5S. The zero-order chi connectivity index (χ0) is 31.3. The minimum atomic E-state index is -0.887. The number of thiazole rings is 1. The number of rotatable bonds is 8. The van der Waals surface area contributed by atoms with Crippen molar-refractivity contribution in [3.05, 3.63) is 145 Å². The Morgan fingerprint density at radius 2 is 1.49 bits per heavy atom. The number of hydrogen-bond acceptors (Lipinski definition) is 8. The van der Waals surface area contributed by atoms with Gasteiger partial charge in [-0.25, -0.2) is 4.79 Å². The Hall–Kier alpha value is -5.85. The lowest BCUT2D eigenvalue weighted by Gasteiger charge is -2.25. The molecule has 222 valence electrons. The maximum absolute atomic E-state index is 13.8. The summed E-state index contributed by atoms with van der Waals surface area (Å²) in [4.78, 5) is 27.2. The highest BCUT2D eigenvalue weighted by atomic mass is 32.1. The van der Waals surface area contributed by atoms with E-state index < -0.39 is 17.4 Å². The summed E-state index contributed by atoms with van der Waals surface area (Å²) in [6.07, 6.45) is 1.71. The number of nitrogens with zero attached hydrogens (tertiary/aromatic N) is 2. The topological polar surface area (TPSA) is 117 Å². The number of ether oxygens (including phenoxy) is 3. The van der Waals surface area contributed by atoms with Crippen LogP contribution in [0.4, 0.5) is 0 Å². The van der Waals surface area contributed by atoms with Gasteiger partial charge in [-0.3, -0.25) is 9.36 Å². The molecule has 4 aromatic carbocycles. The number of nitriles is 1. The fourth-order valence-electron chi connectivity index (χ4n) is 5.12. The number of benzene rings is 4. The summed E-state index contributed by atoms with van der Waals surface area (Å²) in [5.41, 5.74) is 7.68. The van der Waals surface area contributed by atoms with Crippen molar-refractivity contribution in [1.82, 2.24) is 4.57 Å². The number of carbonyl (C=O) groups excluding carboxylic acids is 1. The van der Waals surface area contributed by atoms with Crippen LogP contribution >= 0.6 is 11.3 Å². The van der Waals surface area contributed by atoms with Crippen LogP contribution in [0.2, 0.25) is 0 Å². The summed E-state index contributed by atoms with van der Waals surface area (Å²) in [5, 5.41) is 10.5. The first-order valence-electron chi connectivity index (χ1n) is 14.2. The van der Waals surface area contributed by atoms with E-state index in [0.717, 1.165) is 11.3 Å². The fourth-order valence-corrected chi connectivity index (χ4v) is 6.25. The van der Waals surface area contributed by atoms with E-state index in [1.165, 1.54) is 4.57 Å². The quantitative estimate of drug-likeness (QED) is 0.230. The van der Waals surface area contributed by atoms with Gasteiger partial charge in [0.15, 0.2) is 0 Å². The molecule has 9 heteroatoms. The van der Waals surface area contributed by atoms with Crippen LogP contribution in [0.1, 0.15) is 24.0 Å². The SMILES string of the molecule is CCOC(=O)C1=C(N)n2c(s/c(=C\c3cccc(Oc4ccccc4)c3)c2=O)=C(C#N)[C@@H]1c1cccc(Oc2ccccc2)c1. The summed E-state index contributed by atoms with van der Waals surface area (Å²) in [6, 6.07) is 35.3. The van der Waals surface area contributed by atoms with Gasteiger partial charge in [0.25, 0.3) is 5.56 Å². The van der Waals surface area contributed by atoms with E-state index in [9.17, 15) is 14.9 Å². The molecule has 0 bridgehead atoms. The van der Waals surface area contributed by atoms with Crippen molar-refractivity contribution in [2.75, 3.05) is 6.61 Å². The average Bonchev–Trinajstić information content (AvgIpc) is 3.37. The molecule has 1 aliphatic heterocycles. The Kier molecular flexibility index (Phi) is 8.31. The molecule has 0 fully saturated rings. The second-order valence-electron chi connectivity index (χ2n) is 10.0. The molecule has 45 heavy (non-hydrogen) atoms. The molecule has 0 radical (unpaired) electrons. The van der Waals surface area contributed by atoms with E-state index in [2.05, 4.69) is 6.07 Å². The third-order valence-corrected chi connectivity index (χ3v) is 8.18. The predicted octanol–water partition coefficient (Wildman–Crippen LogP) is 5.49. The van der Waals surface area contributed by atoms with Gasteiger partial charge >= 0.3 is 5.97 Å². The van der Waals surface area contributed by atoms with Gasteiger partial charge in [0, 0.05) is 0 Å². The van der Waals surface area contributed by atoms with E-state index in [1.54, 1.807) is 37.3 Å². The summed E-state index contributed by atoms with van der Waals surface area (Å²) in [6.45, 7) is 1.77. The lowest BCUT2D eigenvalue weighted by molar-refractivity contribution is -0.138. The monoisotopic (exact) mass is 613 g/mol. The molecule has 8 nitrogen and oxygen atoms in total. The molecule has 2 N–H and O–H groups in total. The maximum Gasteiger partial charge on any atom is 0.338 e. The first-order valence-corrected chi connectivity index (χ1v) is 15.0. The molecule has 5 aromatic rings. The highest BCUT2D eigenvalue weighted by Gasteiger charge is 2.36. The fraction of sp³-hybridized carbons (Fsp3) is 0.0833. The van der Waals surface area contributed by atoms with Crippen molar-refractivity contribution in [3.8, 4) is 29.1 Å². The van der Waals surface area contributed by atoms with Crippen molar-refractivity contribution in [1.29, 1.82) is 5.26 Å². The number of aromatic nitrogens is 1.